The topological polar surface area (TPSA) is 58.6 Å². The van der Waals surface area contributed by atoms with Crippen molar-refractivity contribution in [1.29, 1.82) is 0 Å². The smallest absolute Gasteiger partial charge is 0.262 e. The van der Waals surface area contributed by atoms with Gasteiger partial charge in [-0.2, -0.15) is 0 Å². The lowest BCUT2D eigenvalue weighted by Gasteiger charge is -2.12. The molecule has 0 aliphatic carbocycles. The molecule has 2 aromatic carbocycles. The monoisotopic (exact) mass is 366 g/mol. The number of anilines is 1. The molecule has 0 aromatic heterocycles. The molecule has 126 valence electrons. The maximum Gasteiger partial charge on any atom is 0.262 e. The highest BCUT2D eigenvalue weighted by atomic mass is 35.5. The molecule has 0 aliphatic rings. The molecule has 0 radical (unpaired) electrons. The Morgan fingerprint density at radius 2 is 1.62 bits per heavy atom. The second-order valence-corrected chi connectivity index (χ2v) is 5.98. The van der Waals surface area contributed by atoms with E-state index < -0.39 is 0 Å². The van der Waals surface area contributed by atoms with E-state index in [0.29, 0.717) is 21.3 Å². The van der Waals surface area contributed by atoms with Crippen LogP contribution in [0.25, 0.3) is 0 Å². The number of hydrogen-bond donors (Lipinski definition) is 1. The van der Waals surface area contributed by atoms with Crippen molar-refractivity contribution < 1.29 is 14.3 Å². The Labute approximate surface area is 150 Å². The minimum Gasteiger partial charge on any atom is -0.481 e. The quantitative estimate of drug-likeness (QED) is 0.877. The third-order valence-corrected chi connectivity index (χ3v) is 3.68. The maximum absolute atomic E-state index is 11.9. The van der Waals surface area contributed by atoms with Gasteiger partial charge in [0.2, 0.25) is 0 Å². The van der Waals surface area contributed by atoms with E-state index >= 15 is 0 Å². The molecule has 0 heterocycles. The molecule has 0 saturated heterocycles. The van der Waals surface area contributed by atoms with Crippen molar-refractivity contribution in [1.82, 2.24) is 4.90 Å². The molecule has 7 heteroatoms. The maximum atomic E-state index is 11.9. The molecule has 0 saturated carbocycles. The van der Waals surface area contributed by atoms with Gasteiger partial charge in [0.25, 0.3) is 11.8 Å². The average molecular weight is 367 g/mol. The fourth-order valence-corrected chi connectivity index (χ4v) is 2.42. The first-order chi connectivity index (χ1) is 11.4. The SMILES string of the molecule is CN(C)C(=O)c1ccc(NC(=O)COc2c(Cl)cccc2Cl)cc1. The van der Waals surface area contributed by atoms with Crippen molar-refractivity contribution in [3.63, 3.8) is 0 Å². The number of hydrogen-bond acceptors (Lipinski definition) is 3. The lowest BCUT2D eigenvalue weighted by molar-refractivity contribution is -0.118. The third kappa shape index (κ3) is 4.63. The molecule has 2 rings (SSSR count). The number of rotatable bonds is 5. The number of halogens is 2. The molecular formula is C17H16Cl2N2O3. The van der Waals surface area contributed by atoms with Gasteiger partial charge < -0.3 is 15.0 Å². The third-order valence-electron chi connectivity index (χ3n) is 3.09. The van der Waals surface area contributed by atoms with Gasteiger partial charge in [0.05, 0.1) is 10.0 Å². The summed E-state index contributed by atoms with van der Waals surface area (Å²) < 4.78 is 5.36. The molecule has 0 atom stereocenters. The normalized spacial score (nSPS) is 10.2. The Balaban J connectivity index is 1.94. The van der Waals surface area contributed by atoms with E-state index in [2.05, 4.69) is 5.32 Å². The van der Waals surface area contributed by atoms with E-state index in [1.54, 1.807) is 56.6 Å². The van der Waals surface area contributed by atoms with Crippen LogP contribution in [-0.4, -0.2) is 37.4 Å². The fourth-order valence-electron chi connectivity index (χ4n) is 1.91. The summed E-state index contributed by atoms with van der Waals surface area (Å²) in [5.41, 5.74) is 1.10. The van der Waals surface area contributed by atoms with Gasteiger partial charge in [-0.05, 0) is 36.4 Å². The number of nitrogens with zero attached hydrogens (tertiary/aromatic N) is 1. The summed E-state index contributed by atoms with van der Waals surface area (Å²) in [6.07, 6.45) is 0. The Kier molecular flexibility index (Phi) is 6.06. The first-order valence-electron chi connectivity index (χ1n) is 7.07. The highest BCUT2D eigenvalue weighted by molar-refractivity contribution is 6.37. The molecule has 0 spiro atoms. The Hall–Kier alpha value is -2.24. The van der Waals surface area contributed by atoms with Crippen LogP contribution in [0.3, 0.4) is 0 Å². The average Bonchev–Trinajstić information content (AvgIpc) is 2.54. The fraction of sp³-hybridized carbons (Fsp3) is 0.176. The zero-order valence-corrected chi connectivity index (χ0v) is 14.7. The molecule has 0 aliphatic heterocycles. The lowest BCUT2D eigenvalue weighted by atomic mass is 10.2. The van der Waals surface area contributed by atoms with Crippen LogP contribution in [0.2, 0.25) is 10.0 Å². The van der Waals surface area contributed by atoms with E-state index in [0.717, 1.165) is 0 Å². The van der Waals surface area contributed by atoms with Crippen LogP contribution < -0.4 is 10.1 Å². The predicted molar refractivity (Wildman–Crippen MR) is 95.0 cm³/mol. The van der Waals surface area contributed by atoms with Gasteiger partial charge in [-0.1, -0.05) is 29.3 Å². The zero-order chi connectivity index (χ0) is 17.7. The van der Waals surface area contributed by atoms with Crippen LogP contribution in [0, 0.1) is 0 Å². The minimum absolute atomic E-state index is 0.107. The highest BCUT2D eigenvalue weighted by Gasteiger charge is 2.11. The number of para-hydroxylation sites is 1. The molecule has 1 N–H and O–H groups in total. The van der Waals surface area contributed by atoms with Crippen LogP contribution in [0.15, 0.2) is 42.5 Å². The Morgan fingerprint density at radius 3 is 2.17 bits per heavy atom. The van der Waals surface area contributed by atoms with E-state index in [9.17, 15) is 9.59 Å². The van der Waals surface area contributed by atoms with Gasteiger partial charge in [-0.15, -0.1) is 0 Å². The van der Waals surface area contributed by atoms with Crippen molar-refractivity contribution in [3.05, 3.63) is 58.1 Å². The molecule has 5 nitrogen and oxygen atoms in total. The predicted octanol–water partition coefficient (Wildman–Crippen LogP) is 3.71. The van der Waals surface area contributed by atoms with Crippen molar-refractivity contribution in [2.45, 2.75) is 0 Å². The summed E-state index contributed by atoms with van der Waals surface area (Å²) >= 11 is 11.9. The van der Waals surface area contributed by atoms with Crippen LogP contribution in [0.5, 0.6) is 5.75 Å². The van der Waals surface area contributed by atoms with Gasteiger partial charge in [-0.25, -0.2) is 0 Å². The van der Waals surface area contributed by atoms with E-state index in [-0.39, 0.29) is 24.2 Å². The molecule has 2 amide bonds. The Morgan fingerprint density at radius 1 is 1.04 bits per heavy atom. The number of nitrogens with one attached hydrogen (secondary N) is 1. The lowest BCUT2D eigenvalue weighted by Crippen LogP contribution is -2.22. The van der Waals surface area contributed by atoms with E-state index in [1.807, 2.05) is 0 Å². The molecule has 2 aromatic rings. The summed E-state index contributed by atoms with van der Waals surface area (Å²) in [6.45, 7) is -0.234. The Bertz CT molecular complexity index is 726. The van der Waals surface area contributed by atoms with Crippen molar-refractivity contribution in [2.75, 3.05) is 26.0 Å². The van der Waals surface area contributed by atoms with Crippen LogP contribution in [-0.2, 0) is 4.79 Å². The molecular weight excluding hydrogens is 351 g/mol. The second kappa shape index (κ2) is 8.04. The van der Waals surface area contributed by atoms with Crippen LogP contribution in [0.4, 0.5) is 5.69 Å². The molecule has 0 bridgehead atoms. The summed E-state index contributed by atoms with van der Waals surface area (Å²) in [6, 6.07) is 11.5. The summed E-state index contributed by atoms with van der Waals surface area (Å²) in [5.74, 6) is -0.204. The zero-order valence-electron chi connectivity index (χ0n) is 13.2. The van der Waals surface area contributed by atoms with Crippen molar-refractivity contribution in [2.24, 2.45) is 0 Å². The largest absolute Gasteiger partial charge is 0.481 e. The summed E-state index contributed by atoms with van der Waals surface area (Å²) in [4.78, 5) is 25.2. The number of ether oxygens (including phenoxy) is 1. The van der Waals surface area contributed by atoms with Gasteiger partial charge in [0, 0.05) is 25.3 Å². The van der Waals surface area contributed by atoms with Crippen LogP contribution in [0.1, 0.15) is 10.4 Å². The number of benzene rings is 2. The van der Waals surface area contributed by atoms with Gasteiger partial charge in [0.1, 0.15) is 0 Å². The standard InChI is InChI=1S/C17H16Cl2N2O3/c1-21(2)17(23)11-6-8-12(9-7-11)20-15(22)10-24-16-13(18)4-3-5-14(16)19/h3-9H,10H2,1-2H3,(H,20,22). The van der Waals surface area contributed by atoms with Gasteiger partial charge >= 0.3 is 0 Å². The number of carbonyl (C=O) groups is 2. The molecule has 0 fully saturated rings. The first-order valence-corrected chi connectivity index (χ1v) is 7.82. The molecule has 24 heavy (non-hydrogen) atoms. The van der Waals surface area contributed by atoms with Crippen LogP contribution >= 0.6 is 23.2 Å². The van der Waals surface area contributed by atoms with E-state index in [1.165, 1.54) is 4.90 Å². The van der Waals surface area contributed by atoms with Crippen molar-refractivity contribution in [3.8, 4) is 5.75 Å². The number of carbonyl (C=O) groups excluding carboxylic acids is 2. The number of amides is 2. The minimum atomic E-state index is -0.363. The summed E-state index contributed by atoms with van der Waals surface area (Å²) in [7, 11) is 3.35. The summed E-state index contributed by atoms with van der Waals surface area (Å²) in [5, 5.41) is 3.34. The highest BCUT2D eigenvalue weighted by Crippen LogP contribution is 2.32. The van der Waals surface area contributed by atoms with Gasteiger partial charge in [-0.3, -0.25) is 9.59 Å². The molecule has 0 unspecified atom stereocenters. The van der Waals surface area contributed by atoms with E-state index in [4.69, 9.17) is 27.9 Å². The van der Waals surface area contributed by atoms with Gasteiger partial charge in [0.15, 0.2) is 12.4 Å². The first kappa shape index (κ1) is 18.1. The van der Waals surface area contributed by atoms with Crippen molar-refractivity contribution >= 4 is 40.7 Å². The second-order valence-electron chi connectivity index (χ2n) is 5.16.